The van der Waals surface area contributed by atoms with Gasteiger partial charge in [-0.05, 0) is 49.3 Å². The van der Waals surface area contributed by atoms with Crippen molar-refractivity contribution in [3.8, 4) is 11.4 Å². The minimum atomic E-state index is 0.165. The SMILES string of the molecule is CCC(CC)C(=O)N1CCC(Nc2ccc3nnc(-c4ccsc4)n3n2)CC1. The number of nitrogens with zero attached hydrogens (tertiary/aromatic N) is 5. The predicted octanol–water partition coefficient (Wildman–Crippen LogP) is 3.69. The average Bonchev–Trinajstić information content (AvgIpc) is 3.38. The maximum Gasteiger partial charge on any atom is 0.225 e. The zero-order chi connectivity index (χ0) is 19.5. The molecular formula is C20H26N6OS. The Bertz CT molecular complexity index is 925. The highest BCUT2D eigenvalue weighted by molar-refractivity contribution is 7.08. The number of carbonyl (C=O) groups is 1. The molecule has 1 fully saturated rings. The molecule has 0 radical (unpaired) electrons. The smallest absolute Gasteiger partial charge is 0.225 e. The molecule has 0 aliphatic carbocycles. The number of hydrogen-bond acceptors (Lipinski definition) is 6. The molecule has 3 aromatic heterocycles. The average molecular weight is 399 g/mol. The van der Waals surface area contributed by atoms with Gasteiger partial charge in [0.15, 0.2) is 11.5 Å². The van der Waals surface area contributed by atoms with E-state index in [1.165, 1.54) is 0 Å². The monoisotopic (exact) mass is 398 g/mol. The summed E-state index contributed by atoms with van der Waals surface area (Å²) in [4.78, 5) is 14.6. The van der Waals surface area contributed by atoms with E-state index in [2.05, 4.69) is 29.4 Å². The van der Waals surface area contributed by atoms with E-state index in [0.717, 1.165) is 61.6 Å². The van der Waals surface area contributed by atoms with E-state index < -0.39 is 0 Å². The maximum absolute atomic E-state index is 12.6. The molecule has 1 amide bonds. The summed E-state index contributed by atoms with van der Waals surface area (Å²) in [7, 11) is 0. The van der Waals surface area contributed by atoms with Crippen molar-refractivity contribution in [2.24, 2.45) is 5.92 Å². The van der Waals surface area contributed by atoms with Crippen molar-refractivity contribution >= 4 is 28.7 Å². The third kappa shape index (κ3) is 3.73. The Balaban J connectivity index is 1.42. The number of carbonyl (C=O) groups excluding carboxylic acids is 1. The van der Waals surface area contributed by atoms with Crippen molar-refractivity contribution in [1.29, 1.82) is 0 Å². The number of likely N-dealkylation sites (tertiary alicyclic amines) is 1. The minimum absolute atomic E-state index is 0.165. The van der Waals surface area contributed by atoms with Crippen LogP contribution in [0.3, 0.4) is 0 Å². The molecule has 0 bridgehead atoms. The van der Waals surface area contributed by atoms with Crippen LogP contribution in [0.2, 0.25) is 0 Å². The van der Waals surface area contributed by atoms with Gasteiger partial charge < -0.3 is 10.2 Å². The van der Waals surface area contributed by atoms with Crippen molar-refractivity contribution in [2.45, 2.75) is 45.6 Å². The lowest BCUT2D eigenvalue weighted by molar-refractivity contribution is -0.136. The largest absolute Gasteiger partial charge is 0.366 e. The molecule has 0 aromatic carbocycles. The summed E-state index contributed by atoms with van der Waals surface area (Å²) in [6.45, 7) is 5.80. The van der Waals surface area contributed by atoms with Gasteiger partial charge in [-0.15, -0.1) is 15.3 Å². The van der Waals surface area contributed by atoms with Crippen LogP contribution >= 0.6 is 11.3 Å². The molecule has 0 atom stereocenters. The van der Waals surface area contributed by atoms with E-state index in [-0.39, 0.29) is 5.92 Å². The molecule has 148 valence electrons. The molecule has 0 unspecified atom stereocenters. The molecule has 1 aliphatic heterocycles. The molecule has 1 N–H and O–H groups in total. The molecule has 4 rings (SSSR count). The zero-order valence-electron chi connectivity index (χ0n) is 16.3. The Morgan fingerprint density at radius 3 is 2.68 bits per heavy atom. The highest BCUT2D eigenvalue weighted by atomic mass is 32.1. The lowest BCUT2D eigenvalue weighted by Gasteiger charge is -2.34. The quantitative estimate of drug-likeness (QED) is 0.685. The lowest BCUT2D eigenvalue weighted by Crippen LogP contribution is -2.44. The first-order chi connectivity index (χ1) is 13.7. The third-order valence-electron chi connectivity index (χ3n) is 5.54. The number of amides is 1. The standard InChI is InChI=1S/C20H26N6OS/c1-3-14(4-2)20(27)25-10-7-16(8-11-25)21-17-5-6-18-22-23-19(26(18)24-17)15-9-12-28-13-15/h5-6,9,12-14,16H,3-4,7-8,10-11H2,1-2H3,(H,21,24). The number of hydrogen-bond donors (Lipinski definition) is 1. The number of thiophene rings is 1. The molecule has 0 saturated carbocycles. The van der Waals surface area contributed by atoms with E-state index in [0.29, 0.717) is 11.9 Å². The summed E-state index contributed by atoms with van der Waals surface area (Å²) in [5.74, 6) is 2.05. The Morgan fingerprint density at radius 1 is 1.21 bits per heavy atom. The minimum Gasteiger partial charge on any atom is -0.366 e. The number of piperidine rings is 1. The van der Waals surface area contributed by atoms with Crippen LogP contribution in [0.4, 0.5) is 5.82 Å². The van der Waals surface area contributed by atoms with Crippen LogP contribution in [-0.4, -0.2) is 49.7 Å². The number of nitrogens with one attached hydrogen (secondary N) is 1. The molecule has 1 saturated heterocycles. The zero-order valence-corrected chi connectivity index (χ0v) is 17.2. The molecule has 8 heteroatoms. The fourth-order valence-corrected chi connectivity index (χ4v) is 4.42. The molecule has 7 nitrogen and oxygen atoms in total. The summed E-state index contributed by atoms with van der Waals surface area (Å²) >= 11 is 1.63. The lowest BCUT2D eigenvalue weighted by atomic mass is 9.98. The van der Waals surface area contributed by atoms with Crippen molar-refractivity contribution < 1.29 is 4.79 Å². The van der Waals surface area contributed by atoms with Gasteiger partial charge in [0.05, 0.1) is 0 Å². The second kappa shape index (κ2) is 8.26. The van der Waals surface area contributed by atoms with Gasteiger partial charge in [-0.1, -0.05) is 13.8 Å². The molecule has 0 spiro atoms. The summed E-state index contributed by atoms with van der Waals surface area (Å²) in [5.41, 5.74) is 1.76. The molecule has 1 aliphatic rings. The molecule has 28 heavy (non-hydrogen) atoms. The van der Waals surface area contributed by atoms with Gasteiger partial charge in [0.2, 0.25) is 5.91 Å². The van der Waals surface area contributed by atoms with Crippen molar-refractivity contribution in [3.05, 3.63) is 29.0 Å². The maximum atomic E-state index is 12.6. The first-order valence-corrected chi connectivity index (χ1v) is 10.9. The Kier molecular flexibility index (Phi) is 5.57. The van der Waals surface area contributed by atoms with Gasteiger partial charge in [0.1, 0.15) is 5.82 Å². The van der Waals surface area contributed by atoms with Crippen LogP contribution in [-0.2, 0) is 4.79 Å². The predicted molar refractivity (Wildman–Crippen MR) is 111 cm³/mol. The topological polar surface area (TPSA) is 75.4 Å². The second-order valence-electron chi connectivity index (χ2n) is 7.28. The number of aromatic nitrogens is 4. The second-order valence-corrected chi connectivity index (χ2v) is 8.06. The Morgan fingerprint density at radius 2 is 2.00 bits per heavy atom. The summed E-state index contributed by atoms with van der Waals surface area (Å²) in [6, 6.07) is 6.22. The van der Waals surface area contributed by atoms with E-state index in [4.69, 9.17) is 5.10 Å². The molecule has 3 aromatic rings. The van der Waals surface area contributed by atoms with E-state index in [1.807, 2.05) is 33.9 Å². The van der Waals surface area contributed by atoms with Crippen LogP contribution in [0.1, 0.15) is 39.5 Å². The van der Waals surface area contributed by atoms with Gasteiger partial charge in [-0.3, -0.25) is 4.79 Å². The van der Waals surface area contributed by atoms with Gasteiger partial charge >= 0.3 is 0 Å². The first kappa shape index (κ1) is 18.9. The van der Waals surface area contributed by atoms with Crippen LogP contribution in [0, 0.1) is 5.92 Å². The first-order valence-electron chi connectivity index (χ1n) is 10.00. The summed E-state index contributed by atoms with van der Waals surface area (Å²) in [6.07, 6.45) is 3.71. The number of rotatable bonds is 6. The van der Waals surface area contributed by atoms with Crippen LogP contribution in [0.25, 0.3) is 17.0 Å². The van der Waals surface area contributed by atoms with Crippen LogP contribution < -0.4 is 5.32 Å². The molecular weight excluding hydrogens is 372 g/mol. The Labute approximate surface area is 168 Å². The highest BCUT2D eigenvalue weighted by Gasteiger charge is 2.26. The fourth-order valence-electron chi connectivity index (χ4n) is 3.79. The van der Waals surface area contributed by atoms with Crippen LogP contribution in [0.15, 0.2) is 29.0 Å². The van der Waals surface area contributed by atoms with Crippen LogP contribution in [0.5, 0.6) is 0 Å². The van der Waals surface area contributed by atoms with E-state index >= 15 is 0 Å². The normalized spacial score (nSPS) is 15.5. The summed E-state index contributed by atoms with van der Waals surface area (Å²) in [5, 5.41) is 20.8. The van der Waals surface area contributed by atoms with Gasteiger partial charge in [0.25, 0.3) is 0 Å². The highest BCUT2D eigenvalue weighted by Crippen LogP contribution is 2.22. The van der Waals surface area contributed by atoms with Gasteiger partial charge in [-0.25, -0.2) is 0 Å². The van der Waals surface area contributed by atoms with Gasteiger partial charge in [0, 0.05) is 36.0 Å². The van der Waals surface area contributed by atoms with Crippen molar-refractivity contribution in [2.75, 3.05) is 18.4 Å². The van der Waals surface area contributed by atoms with Crippen molar-refractivity contribution in [1.82, 2.24) is 24.7 Å². The molecule has 4 heterocycles. The van der Waals surface area contributed by atoms with E-state index in [9.17, 15) is 4.79 Å². The summed E-state index contributed by atoms with van der Waals surface area (Å²) < 4.78 is 1.79. The number of anilines is 1. The Hall–Kier alpha value is -2.48. The fraction of sp³-hybridized carbons (Fsp3) is 0.500. The number of fused-ring (bicyclic) bond motifs is 1. The third-order valence-corrected chi connectivity index (χ3v) is 6.22. The van der Waals surface area contributed by atoms with Crippen molar-refractivity contribution in [3.63, 3.8) is 0 Å². The van der Waals surface area contributed by atoms with E-state index in [1.54, 1.807) is 15.9 Å². The van der Waals surface area contributed by atoms with Gasteiger partial charge in [-0.2, -0.15) is 15.9 Å².